The third kappa shape index (κ3) is 3.46. The molecule has 0 radical (unpaired) electrons. The topological polar surface area (TPSA) is 35.2 Å². The van der Waals surface area contributed by atoms with Crippen LogP contribution in [-0.2, 0) is 0 Å². The molecule has 0 aromatic heterocycles. The highest BCUT2D eigenvalue weighted by Gasteiger charge is 2.01. The third-order valence-electron chi connectivity index (χ3n) is 1.73. The highest BCUT2D eigenvalue weighted by atomic mass is 32.2. The Labute approximate surface area is 87.6 Å². The van der Waals surface area contributed by atoms with E-state index in [0.717, 1.165) is 12.2 Å². The molecule has 0 amide bonds. The summed E-state index contributed by atoms with van der Waals surface area (Å²) in [5.74, 6) is 1.15. The first-order valence-corrected chi connectivity index (χ1v) is 5.80. The molecule has 2 N–H and O–H groups in total. The van der Waals surface area contributed by atoms with Gasteiger partial charge in [-0.25, -0.2) is 4.39 Å². The first-order chi connectivity index (χ1) is 6.74. The van der Waals surface area contributed by atoms with Gasteiger partial charge in [0, 0.05) is 6.07 Å². The van der Waals surface area contributed by atoms with Crippen molar-refractivity contribution in [1.82, 2.24) is 0 Å². The summed E-state index contributed by atoms with van der Waals surface area (Å²) in [6.45, 7) is 0.578. The van der Waals surface area contributed by atoms with Gasteiger partial charge < -0.3 is 10.5 Å². The van der Waals surface area contributed by atoms with E-state index < -0.39 is 0 Å². The molecule has 0 heterocycles. The second-order valence-corrected chi connectivity index (χ2v) is 3.86. The zero-order chi connectivity index (χ0) is 10.4. The Morgan fingerprint density at radius 2 is 2.29 bits per heavy atom. The molecule has 14 heavy (non-hydrogen) atoms. The molecule has 1 aromatic rings. The van der Waals surface area contributed by atoms with Crippen LogP contribution in [0.4, 0.5) is 10.1 Å². The number of benzene rings is 1. The van der Waals surface area contributed by atoms with Gasteiger partial charge in [-0.15, -0.1) is 0 Å². The van der Waals surface area contributed by atoms with Crippen LogP contribution in [0.25, 0.3) is 0 Å². The fourth-order valence-corrected chi connectivity index (χ4v) is 1.43. The van der Waals surface area contributed by atoms with E-state index in [4.69, 9.17) is 10.5 Å². The predicted octanol–water partition coefficient (Wildman–Crippen LogP) is 2.54. The number of nitrogen functional groups attached to an aromatic ring is 1. The van der Waals surface area contributed by atoms with Crippen LogP contribution in [0.5, 0.6) is 5.75 Å². The Balaban J connectivity index is 2.45. The van der Waals surface area contributed by atoms with E-state index in [1.54, 1.807) is 11.8 Å². The molecule has 0 fully saturated rings. The van der Waals surface area contributed by atoms with Crippen LogP contribution >= 0.6 is 11.8 Å². The fourth-order valence-electron chi connectivity index (χ4n) is 1.02. The number of rotatable bonds is 5. The minimum absolute atomic E-state index is 0.320. The van der Waals surface area contributed by atoms with E-state index >= 15 is 0 Å². The maximum atomic E-state index is 12.8. The summed E-state index contributed by atoms with van der Waals surface area (Å²) in [6, 6.07) is 4.15. The summed E-state index contributed by atoms with van der Waals surface area (Å²) >= 11 is 1.76. The standard InChI is InChI=1S/C10H14FNOS/c1-14-6-2-5-13-10-7-8(11)3-4-9(10)12/h3-4,7H,2,5-6,12H2,1H3. The van der Waals surface area contributed by atoms with Gasteiger partial charge >= 0.3 is 0 Å². The minimum Gasteiger partial charge on any atom is -0.491 e. The molecule has 0 spiro atoms. The molecular formula is C10H14FNOS. The van der Waals surface area contributed by atoms with E-state index in [2.05, 4.69) is 0 Å². The Kier molecular flexibility index (Phi) is 4.59. The average Bonchev–Trinajstić information content (AvgIpc) is 2.18. The highest BCUT2D eigenvalue weighted by Crippen LogP contribution is 2.22. The van der Waals surface area contributed by atoms with Crippen molar-refractivity contribution in [3.63, 3.8) is 0 Å². The molecule has 0 atom stereocenters. The SMILES string of the molecule is CSCCCOc1cc(F)ccc1N. The molecule has 0 aliphatic rings. The summed E-state index contributed by atoms with van der Waals surface area (Å²) in [4.78, 5) is 0. The Morgan fingerprint density at radius 1 is 1.50 bits per heavy atom. The molecule has 0 bridgehead atoms. The smallest absolute Gasteiger partial charge is 0.145 e. The Morgan fingerprint density at radius 3 is 3.00 bits per heavy atom. The van der Waals surface area contributed by atoms with Crippen LogP contribution in [0.1, 0.15) is 6.42 Å². The van der Waals surface area contributed by atoms with Crippen molar-refractivity contribution in [2.75, 3.05) is 24.3 Å². The number of anilines is 1. The van der Waals surface area contributed by atoms with Crippen molar-refractivity contribution in [1.29, 1.82) is 0 Å². The van der Waals surface area contributed by atoms with Crippen LogP contribution in [0.2, 0.25) is 0 Å². The van der Waals surface area contributed by atoms with Gasteiger partial charge in [0.1, 0.15) is 11.6 Å². The zero-order valence-electron chi connectivity index (χ0n) is 8.13. The molecule has 1 aromatic carbocycles. The molecule has 1 rings (SSSR count). The Bertz CT molecular complexity index is 293. The normalized spacial score (nSPS) is 10.1. The van der Waals surface area contributed by atoms with Gasteiger partial charge in [-0.1, -0.05) is 0 Å². The number of nitrogens with two attached hydrogens (primary N) is 1. The fraction of sp³-hybridized carbons (Fsp3) is 0.400. The van der Waals surface area contributed by atoms with Crippen LogP contribution in [-0.4, -0.2) is 18.6 Å². The van der Waals surface area contributed by atoms with Gasteiger partial charge in [0.2, 0.25) is 0 Å². The first kappa shape index (κ1) is 11.2. The lowest BCUT2D eigenvalue weighted by molar-refractivity contribution is 0.319. The monoisotopic (exact) mass is 215 g/mol. The van der Waals surface area contributed by atoms with Gasteiger partial charge in [-0.05, 0) is 30.6 Å². The maximum absolute atomic E-state index is 12.8. The number of hydrogen-bond acceptors (Lipinski definition) is 3. The van der Waals surface area contributed by atoms with Gasteiger partial charge in [-0.2, -0.15) is 11.8 Å². The molecule has 0 aliphatic heterocycles. The van der Waals surface area contributed by atoms with Crippen LogP contribution in [0, 0.1) is 5.82 Å². The lowest BCUT2D eigenvalue weighted by Gasteiger charge is -2.07. The van der Waals surface area contributed by atoms with Crippen molar-refractivity contribution >= 4 is 17.4 Å². The lowest BCUT2D eigenvalue weighted by atomic mass is 10.3. The quantitative estimate of drug-likeness (QED) is 0.605. The number of thioether (sulfide) groups is 1. The molecule has 2 nitrogen and oxygen atoms in total. The van der Waals surface area contributed by atoms with E-state index in [1.165, 1.54) is 18.2 Å². The molecule has 0 unspecified atom stereocenters. The summed E-state index contributed by atoms with van der Waals surface area (Å²) < 4.78 is 18.1. The Hall–Kier alpha value is -0.900. The van der Waals surface area contributed by atoms with Gasteiger partial charge in [0.25, 0.3) is 0 Å². The van der Waals surface area contributed by atoms with Crippen molar-refractivity contribution in [2.45, 2.75) is 6.42 Å². The number of ether oxygens (including phenoxy) is 1. The molecule has 0 aliphatic carbocycles. The van der Waals surface area contributed by atoms with E-state index in [-0.39, 0.29) is 5.82 Å². The third-order valence-corrected chi connectivity index (χ3v) is 2.42. The molecule has 78 valence electrons. The van der Waals surface area contributed by atoms with Crippen molar-refractivity contribution in [3.8, 4) is 5.75 Å². The van der Waals surface area contributed by atoms with E-state index in [0.29, 0.717) is 18.0 Å². The second kappa shape index (κ2) is 5.75. The summed E-state index contributed by atoms with van der Waals surface area (Å²) in [7, 11) is 0. The summed E-state index contributed by atoms with van der Waals surface area (Å²) in [5, 5.41) is 0. The van der Waals surface area contributed by atoms with Gasteiger partial charge in [0.15, 0.2) is 0 Å². The van der Waals surface area contributed by atoms with Gasteiger partial charge in [0.05, 0.1) is 12.3 Å². The van der Waals surface area contributed by atoms with Gasteiger partial charge in [-0.3, -0.25) is 0 Å². The zero-order valence-corrected chi connectivity index (χ0v) is 8.94. The lowest BCUT2D eigenvalue weighted by Crippen LogP contribution is -2.01. The summed E-state index contributed by atoms with van der Waals surface area (Å²) in [6.07, 6.45) is 2.98. The largest absolute Gasteiger partial charge is 0.491 e. The molecule has 4 heteroatoms. The average molecular weight is 215 g/mol. The van der Waals surface area contributed by atoms with E-state index in [1.807, 2.05) is 6.26 Å². The van der Waals surface area contributed by atoms with Crippen LogP contribution in [0.15, 0.2) is 18.2 Å². The van der Waals surface area contributed by atoms with E-state index in [9.17, 15) is 4.39 Å². The molecule has 0 saturated carbocycles. The summed E-state index contributed by atoms with van der Waals surface area (Å²) in [5.41, 5.74) is 6.09. The molecular weight excluding hydrogens is 201 g/mol. The van der Waals surface area contributed by atoms with Crippen LogP contribution < -0.4 is 10.5 Å². The predicted molar refractivity (Wildman–Crippen MR) is 59.3 cm³/mol. The first-order valence-electron chi connectivity index (χ1n) is 4.41. The minimum atomic E-state index is -0.320. The second-order valence-electron chi connectivity index (χ2n) is 2.88. The van der Waals surface area contributed by atoms with Crippen LogP contribution in [0.3, 0.4) is 0 Å². The maximum Gasteiger partial charge on any atom is 0.145 e. The molecule has 0 saturated heterocycles. The van der Waals surface area contributed by atoms with Crippen molar-refractivity contribution in [2.24, 2.45) is 0 Å². The van der Waals surface area contributed by atoms with Crippen molar-refractivity contribution < 1.29 is 9.13 Å². The number of halogens is 1. The number of hydrogen-bond donors (Lipinski definition) is 1. The highest BCUT2D eigenvalue weighted by molar-refractivity contribution is 7.98. The van der Waals surface area contributed by atoms with Crippen molar-refractivity contribution in [3.05, 3.63) is 24.0 Å².